The van der Waals surface area contributed by atoms with Crippen LogP contribution in [0.1, 0.15) is 23.7 Å². The summed E-state index contributed by atoms with van der Waals surface area (Å²) in [5.41, 5.74) is 3.47. The van der Waals surface area contributed by atoms with E-state index < -0.39 is 0 Å². The number of benzene rings is 1. The van der Waals surface area contributed by atoms with Gasteiger partial charge in [0.15, 0.2) is 5.96 Å². The number of hydrogen-bond donors (Lipinski definition) is 2. The maximum atomic E-state index is 4.60. The van der Waals surface area contributed by atoms with Crippen LogP contribution in [-0.2, 0) is 13.1 Å². The molecular weight excluding hydrogens is 260 g/mol. The SMILES string of the molecule is CCNC(=NCc1ccc(C)cc1)NCc1ccccn1. The molecule has 1 heterocycles. The van der Waals surface area contributed by atoms with Gasteiger partial charge in [-0.15, -0.1) is 0 Å². The topological polar surface area (TPSA) is 49.3 Å². The lowest BCUT2D eigenvalue weighted by molar-refractivity contribution is 0.799. The Morgan fingerprint density at radius 1 is 1.10 bits per heavy atom. The number of nitrogens with zero attached hydrogens (tertiary/aromatic N) is 2. The van der Waals surface area contributed by atoms with E-state index in [0.29, 0.717) is 13.1 Å². The predicted octanol–water partition coefficient (Wildman–Crippen LogP) is 2.65. The molecule has 4 nitrogen and oxygen atoms in total. The first-order chi connectivity index (χ1) is 10.3. The van der Waals surface area contributed by atoms with Crippen molar-refractivity contribution >= 4 is 5.96 Å². The molecule has 0 amide bonds. The van der Waals surface area contributed by atoms with Gasteiger partial charge < -0.3 is 10.6 Å². The van der Waals surface area contributed by atoms with Crippen molar-refractivity contribution in [2.45, 2.75) is 26.9 Å². The van der Waals surface area contributed by atoms with Gasteiger partial charge in [0.05, 0.1) is 18.8 Å². The summed E-state index contributed by atoms with van der Waals surface area (Å²) < 4.78 is 0. The fraction of sp³-hybridized carbons (Fsp3) is 0.294. The minimum Gasteiger partial charge on any atom is -0.357 e. The number of aryl methyl sites for hydroxylation is 1. The van der Waals surface area contributed by atoms with Gasteiger partial charge >= 0.3 is 0 Å². The molecule has 0 saturated heterocycles. The molecule has 110 valence electrons. The summed E-state index contributed by atoms with van der Waals surface area (Å²) in [7, 11) is 0. The summed E-state index contributed by atoms with van der Waals surface area (Å²) in [5, 5.41) is 6.54. The van der Waals surface area contributed by atoms with Gasteiger partial charge in [0.25, 0.3) is 0 Å². The minimum atomic E-state index is 0.665. The Labute approximate surface area is 126 Å². The molecule has 0 bridgehead atoms. The summed E-state index contributed by atoms with van der Waals surface area (Å²) in [6.07, 6.45) is 1.80. The molecule has 0 saturated carbocycles. The molecular formula is C17H22N4. The molecule has 2 aromatic rings. The van der Waals surface area contributed by atoms with Gasteiger partial charge in [0.2, 0.25) is 0 Å². The number of pyridine rings is 1. The van der Waals surface area contributed by atoms with E-state index >= 15 is 0 Å². The van der Waals surface area contributed by atoms with E-state index in [0.717, 1.165) is 18.2 Å². The first kappa shape index (κ1) is 15.0. The van der Waals surface area contributed by atoms with Crippen molar-refractivity contribution in [3.05, 3.63) is 65.5 Å². The van der Waals surface area contributed by atoms with Crippen molar-refractivity contribution in [2.75, 3.05) is 6.54 Å². The lowest BCUT2D eigenvalue weighted by Gasteiger charge is -2.11. The van der Waals surface area contributed by atoms with E-state index in [2.05, 4.69) is 58.7 Å². The zero-order chi connectivity index (χ0) is 14.9. The van der Waals surface area contributed by atoms with Crippen molar-refractivity contribution in [3.63, 3.8) is 0 Å². The fourth-order valence-corrected chi connectivity index (χ4v) is 1.88. The first-order valence-corrected chi connectivity index (χ1v) is 7.25. The average Bonchev–Trinajstić information content (AvgIpc) is 2.52. The molecule has 0 unspecified atom stereocenters. The summed E-state index contributed by atoms with van der Waals surface area (Å²) in [6.45, 7) is 6.32. The van der Waals surface area contributed by atoms with Crippen molar-refractivity contribution in [1.82, 2.24) is 15.6 Å². The van der Waals surface area contributed by atoms with Gasteiger partial charge in [-0.05, 0) is 31.5 Å². The third-order valence-electron chi connectivity index (χ3n) is 3.05. The monoisotopic (exact) mass is 282 g/mol. The minimum absolute atomic E-state index is 0.665. The number of rotatable bonds is 5. The van der Waals surface area contributed by atoms with Crippen LogP contribution in [0.3, 0.4) is 0 Å². The van der Waals surface area contributed by atoms with Gasteiger partial charge in [-0.25, -0.2) is 4.99 Å². The van der Waals surface area contributed by atoms with Crippen LogP contribution in [-0.4, -0.2) is 17.5 Å². The molecule has 2 N–H and O–H groups in total. The normalized spacial score (nSPS) is 11.2. The van der Waals surface area contributed by atoms with E-state index in [9.17, 15) is 0 Å². The Balaban J connectivity index is 1.94. The highest BCUT2D eigenvalue weighted by atomic mass is 15.2. The Morgan fingerprint density at radius 2 is 1.90 bits per heavy atom. The molecule has 0 fully saturated rings. The first-order valence-electron chi connectivity index (χ1n) is 7.25. The maximum absolute atomic E-state index is 4.60. The van der Waals surface area contributed by atoms with E-state index in [1.807, 2.05) is 18.2 Å². The van der Waals surface area contributed by atoms with Crippen molar-refractivity contribution in [1.29, 1.82) is 0 Å². The Kier molecular flexibility index (Phi) is 5.76. The lowest BCUT2D eigenvalue weighted by atomic mass is 10.1. The summed E-state index contributed by atoms with van der Waals surface area (Å²) >= 11 is 0. The van der Waals surface area contributed by atoms with Crippen molar-refractivity contribution in [2.24, 2.45) is 4.99 Å². The summed E-state index contributed by atoms with van der Waals surface area (Å²) in [4.78, 5) is 8.89. The lowest BCUT2D eigenvalue weighted by Crippen LogP contribution is -2.36. The smallest absolute Gasteiger partial charge is 0.191 e. The average molecular weight is 282 g/mol. The second-order valence-corrected chi connectivity index (χ2v) is 4.86. The molecule has 0 aliphatic rings. The molecule has 1 aromatic carbocycles. The highest BCUT2D eigenvalue weighted by Gasteiger charge is 1.99. The standard InChI is InChI=1S/C17H22N4/c1-3-18-17(21-13-16-6-4-5-11-19-16)20-12-15-9-7-14(2)8-10-15/h4-11H,3,12-13H2,1-2H3,(H2,18,20,21). The molecule has 21 heavy (non-hydrogen) atoms. The number of nitrogens with one attached hydrogen (secondary N) is 2. The van der Waals surface area contributed by atoms with Crippen LogP contribution in [0, 0.1) is 6.92 Å². The largest absolute Gasteiger partial charge is 0.357 e. The number of hydrogen-bond acceptors (Lipinski definition) is 2. The molecule has 4 heteroatoms. The van der Waals surface area contributed by atoms with Gasteiger partial charge in [0, 0.05) is 12.7 Å². The Hall–Kier alpha value is -2.36. The van der Waals surface area contributed by atoms with E-state index in [-0.39, 0.29) is 0 Å². The molecule has 0 aliphatic heterocycles. The molecule has 0 aliphatic carbocycles. The van der Waals surface area contributed by atoms with Crippen LogP contribution in [0.25, 0.3) is 0 Å². The maximum Gasteiger partial charge on any atom is 0.191 e. The number of aliphatic imine (C=N–C) groups is 1. The van der Waals surface area contributed by atoms with Crippen LogP contribution < -0.4 is 10.6 Å². The van der Waals surface area contributed by atoms with Crippen LogP contribution in [0.15, 0.2) is 53.7 Å². The summed E-state index contributed by atoms with van der Waals surface area (Å²) in [6, 6.07) is 14.3. The summed E-state index contributed by atoms with van der Waals surface area (Å²) in [5.74, 6) is 0.809. The Morgan fingerprint density at radius 3 is 2.57 bits per heavy atom. The van der Waals surface area contributed by atoms with Gasteiger partial charge in [0.1, 0.15) is 0 Å². The van der Waals surface area contributed by atoms with Crippen LogP contribution >= 0.6 is 0 Å². The highest BCUT2D eigenvalue weighted by molar-refractivity contribution is 5.79. The zero-order valence-electron chi connectivity index (χ0n) is 12.6. The molecule has 0 atom stereocenters. The second kappa shape index (κ2) is 8.04. The number of aromatic nitrogens is 1. The third-order valence-corrected chi connectivity index (χ3v) is 3.05. The molecule has 0 radical (unpaired) electrons. The van der Waals surface area contributed by atoms with Crippen molar-refractivity contribution < 1.29 is 0 Å². The van der Waals surface area contributed by atoms with Gasteiger partial charge in [-0.1, -0.05) is 35.9 Å². The third kappa shape index (κ3) is 5.26. The van der Waals surface area contributed by atoms with Crippen LogP contribution in [0.4, 0.5) is 0 Å². The fourth-order valence-electron chi connectivity index (χ4n) is 1.88. The number of guanidine groups is 1. The van der Waals surface area contributed by atoms with Crippen molar-refractivity contribution in [3.8, 4) is 0 Å². The molecule has 2 rings (SSSR count). The van der Waals surface area contributed by atoms with Crippen LogP contribution in [0.5, 0.6) is 0 Å². The predicted molar refractivity (Wildman–Crippen MR) is 87.1 cm³/mol. The van der Waals surface area contributed by atoms with E-state index in [4.69, 9.17) is 0 Å². The second-order valence-electron chi connectivity index (χ2n) is 4.86. The van der Waals surface area contributed by atoms with E-state index in [1.54, 1.807) is 6.20 Å². The molecule has 1 aromatic heterocycles. The molecule has 0 spiro atoms. The van der Waals surface area contributed by atoms with E-state index in [1.165, 1.54) is 11.1 Å². The van der Waals surface area contributed by atoms with Gasteiger partial charge in [-0.2, -0.15) is 0 Å². The van der Waals surface area contributed by atoms with Gasteiger partial charge in [-0.3, -0.25) is 4.98 Å². The van der Waals surface area contributed by atoms with Crippen LogP contribution in [0.2, 0.25) is 0 Å². The zero-order valence-corrected chi connectivity index (χ0v) is 12.6. The Bertz CT molecular complexity index is 561. The quantitative estimate of drug-likeness (QED) is 0.655. The highest BCUT2D eigenvalue weighted by Crippen LogP contribution is 2.04.